The lowest BCUT2D eigenvalue weighted by Crippen LogP contribution is -2.08. The zero-order valence-electron chi connectivity index (χ0n) is 8.49. The van der Waals surface area contributed by atoms with Crippen LogP contribution in [0.3, 0.4) is 0 Å². The van der Waals surface area contributed by atoms with Gasteiger partial charge in [-0.1, -0.05) is 42.5 Å². The summed E-state index contributed by atoms with van der Waals surface area (Å²) in [4.78, 5) is 27.5. The van der Waals surface area contributed by atoms with Gasteiger partial charge in [-0.3, -0.25) is 0 Å². The van der Waals surface area contributed by atoms with Crippen molar-refractivity contribution in [3.05, 3.63) is 54.6 Å². The van der Waals surface area contributed by atoms with Gasteiger partial charge in [-0.2, -0.15) is 14.7 Å². The summed E-state index contributed by atoms with van der Waals surface area (Å²) in [6.07, 6.45) is 0. The quantitative estimate of drug-likeness (QED) is 0.694. The highest BCUT2D eigenvalue weighted by Gasteiger charge is 2.33. The standard InChI is InChI=1S/C12H12O3P/c13-16(14,15)12-8-4-7-11(9-12)10-5-2-1-3-6-10/h1-9,13-15H/q+1. The van der Waals surface area contributed by atoms with Gasteiger partial charge in [0.25, 0.3) is 0 Å². The molecular formula is C12H12O3P+. The summed E-state index contributed by atoms with van der Waals surface area (Å²) < 4.78 is 0. The first kappa shape index (κ1) is 11.2. The highest BCUT2D eigenvalue weighted by atomic mass is 31.2. The second kappa shape index (κ2) is 4.32. The summed E-state index contributed by atoms with van der Waals surface area (Å²) in [6, 6.07) is 16.2. The monoisotopic (exact) mass is 235 g/mol. The molecular weight excluding hydrogens is 223 g/mol. The first-order valence-electron chi connectivity index (χ1n) is 4.81. The highest BCUT2D eigenvalue weighted by molar-refractivity contribution is 7.66. The maximum Gasteiger partial charge on any atom is 0.440 e. The van der Waals surface area contributed by atoms with Gasteiger partial charge in [0.15, 0.2) is 5.30 Å². The van der Waals surface area contributed by atoms with Gasteiger partial charge < -0.3 is 0 Å². The molecule has 2 rings (SSSR count). The molecule has 0 atom stereocenters. The van der Waals surface area contributed by atoms with Gasteiger partial charge >= 0.3 is 7.94 Å². The van der Waals surface area contributed by atoms with E-state index in [4.69, 9.17) is 0 Å². The van der Waals surface area contributed by atoms with Crippen LogP contribution in [0.1, 0.15) is 0 Å². The van der Waals surface area contributed by atoms with Crippen LogP contribution in [-0.4, -0.2) is 14.7 Å². The number of hydrogen-bond acceptors (Lipinski definition) is 3. The summed E-state index contributed by atoms with van der Waals surface area (Å²) in [6.45, 7) is 0. The second-order valence-electron chi connectivity index (χ2n) is 3.48. The van der Waals surface area contributed by atoms with Crippen molar-refractivity contribution in [3.8, 4) is 11.1 Å². The van der Waals surface area contributed by atoms with Crippen molar-refractivity contribution in [2.45, 2.75) is 0 Å². The van der Waals surface area contributed by atoms with Crippen molar-refractivity contribution in [1.29, 1.82) is 0 Å². The Hall–Kier alpha value is -1.25. The topological polar surface area (TPSA) is 60.7 Å². The Morgan fingerprint density at radius 3 is 1.94 bits per heavy atom. The summed E-state index contributed by atoms with van der Waals surface area (Å²) in [5, 5.41) is 0.161. The summed E-state index contributed by atoms with van der Waals surface area (Å²) >= 11 is 0. The van der Waals surface area contributed by atoms with Gasteiger partial charge in [-0.15, -0.1) is 0 Å². The molecule has 2 aromatic rings. The van der Waals surface area contributed by atoms with Crippen LogP contribution >= 0.6 is 7.94 Å². The van der Waals surface area contributed by atoms with Gasteiger partial charge in [0, 0.05) is 0 Å². The van der Waals surface area contributed by atoms with Gasteiger partial charge in [-0.05, 0) is 23.3 Å². The minimum atomic E-state index is -3.92. The van der Waals surface area contributed by atoms with E-state index in [0.717, 1.165) is 11.1 Å². The van der Waals surface area contributed by atoms with Crippen LogP contribution in [0.4, 0.5) is 0 Å². The van der Waals surface area contributed by atoms with E-state index >= 15 is 0 Å². The van der Waals surface area contributed by atoms with E-state index in [1.165, 1.54) is 6.07 Å². The SMILES string of the molecule is O[P+](O)(O)c1cccc(-c2ccccc2)c1. The zero-order chi connectivity index (χ0) is 11.6. The van der Waals surface area contributed by atoms with Crippen LogP contribution < -0.4 is 5.30 Å². The molecule has 4 heteroatoms. The number of rotatable bonds is 2. The molecule has 0 aliphatic carbocycles. The number of benzene rings is 2. The van der Waals surface area contributed by atoms with Gasteiger partial charge in [0.2, 0.25) is 0 Å². The van der Waals surface area contributed by atoms with Crippen LogP contribution in [0.15, 0.2) is 54.6 Å². The van der Waals surface area contributed by atoms with Crippen molar-refractivity contribution in [3.63, 3.8) is 0 Å². The molecule has 0 spiro atoms. The molecule has 0 bridgehead atoms. The Labute approximate surface area is 94.2 Å². The molecule has 0 unspecified atom stereocenters. The Morgan fingerprint density at radius 1 is 0.688 bits per heavy atom. The molecule has 0 amide bonds. The molecule has 0 saturated carbocycles. The molecule has 0 fully saturated rings. The van der Waals surface area contributed by atoms with Crippen LogP contribution in [0.25, 0.3) is 11.1 Å². The lowest BCUT2D eigenvalue weighted by atomic mass is 10.1. The fourth-order valence-corrected chi connectivity index (χ4v) is 2.10. The lowest BCUT2D eigenvalue weighted by Gasteiger charge is -2.05. The van der Waals surface area contributed by atoms with Crippen LogP contribution in [-0.2, 0) is 0 Å². The molecule has 0 aliphatic heterocycles. The van der Waals surface area contributed by atoms with Crippen molar-refractivity contribution in [1.82, 2.24) is 0 Å². The van der Waals surface area contributed by atoms with Crippen molar-refractivity contribution in [2.75, 3.05) is 0 Å². The minimum absolute atomic E-state index is 0.161. The van der Waals surface area contributed by atoms with E-state index in [1.54, 1.807) is 12.1 Å². The maximum absolute atomic E-state index is 9.18. The molecule has 0 heterocycles. The van der Waals surface area contributed by atoms with Crippen molar-refractivity contribution in [2.24, 2.45) is 0 Å². The largest absolute Gasteiger partial charge is 0.440 e. The van der Waals surface area contributed by atoms with E-state index in [2.05, 4.69) is 0 Å². The maximum atomic E-state index is 9.18. The van der Waals surface area contributed by atoms with Crippen LogP contribution in [0.5, 0.6) is 0 Å². The van der Waals surface area contributed by atoms with E-state index in [1.807, 2.05) is 36.4 Å². The molecule has 16 heavy (non-hydrogen) atoms. The third-order valence-electron chi connectivity index (χ3n) is 2.30. The fraction of sp³-hybridized carbons (Fsp3) is 0. The second-order valence-corrected chi connectivity index (χ2v) is 5.14. The van der Waals surface area contributed by atoms with E-state index in [0.29, 0.717) is 0 Å². The van der Waals surface area contributed by atoms with Crippen molar-refractivity contribution < 1.29 is 14.7 Å². The molecule has 82 valence electrons. The molecule has 0 aliphatic rings. The molecule has 3 N–H and O–H groups in total. The number of hydrogen-bond donors (Lipinski definition) is 3. The normalized spacial score (nSPS) is 11.4. The Bertz CT molecular complexity index is 477. The Morgan fingerprint density at radius 2 is 1.31 bits per heavy atom. The van der Waals surface area contributed by atoms with E-state index in [9.17, 15) is 14.7 Å². The average Bonchev–Trinajstić information content (AvgIpc) is 2.29. The third kappa shape index (κ3) is 2.46. The smallest absolute Gasteiger partial charge is 0.189 e. The van der Waals surface area contributed by atoms with Crippen LogP contribution in [0.2, 0.25) is 0 Å². The Kier molecular flexibility index (Phi) is 3.03. The summed E-state index contributed by atoms with van der Waals surface area (Å²) in [5.74, 6) is 0. The minimum Gasteiger partial charge on any atom is -0.189 e. The summed E-state index contributed by atoms with van der Waals surface area (Å²) in [7, 11) is -3.92. The third-order valence-corrected chi connectivity index (χ3v) is 3.27. The van der Waals surface area contributed by atoms with Crippen molar-refractivity contribution >= 4 is 13.2 Å². The van der Waals surface area contributed by atoms with Crippen LogP contribution in [0, 0.1) is 0 Å². The van der Waals surface area contributed by atoms with E-state index in [-0.39, 0.29) is 5.30 Å². The first-order chi connectivity index (χ1) is 7.57. The highest BCUT2D eigenvalue weighted by Crippen LogP contribution is 2.43. The average molecular weight is 235 g/mol. The Balaban J connectivity index is 2.45. The lowest BCUT2D eigenvalue weighted by molar-refractivity contribution is 0.347. The zero-order valence-corrected chi connectivity index (χ0v) is 9.38. The molecule has 0 saturated heterocycles. The molecule has 3 nitrogen and oxygen atoms in total. The molecule has 2 aromatic carbocycles. The van der Waals surface area contributed by atoms with E-state index < -0.39 is 7.94 Å². The van der Waals surface area contributed by atoms with Gasteiger partial charge in [0.1, 0.15) is 0 Å². The predicted octanol–water partition coefficient (Wildman–Crippen LogP) is 1.72. The van der Waals surface area contributed by atoms with Gasteiger partial charge in [-0.25, -0.2) is 0 Å². The summed E-state index contributed by atoms with van der Waals surface area (Å²) in [5.41, 5.74) is 1.82. The predicted molar refractivity (Wildman–Crippen MR) is 65.1 cm³/mol. The molecule has 0 aromatic heterocycles. The fourth-order valence-electron chi connectivity index (χ4n) is 1.50. The van der Waals surface area contributed by atoms with Gasteiger partial charge in [0.05, 0.1) is 0 Å². The molecule has 0 radical (unpaired) electrons. The first-order valence-corrected chi connectivity index (χ1v) is 6.45.